The Kier molecular flexibility index (Phi) is 5.59. The number of hydrogen-bond acceptors (Lipinski definition) is 4. The van der Waals surface area contributed by atoms with Crippen LogP contribution in [0.2, 0.25) is 0 Å². The molecular weight excluding hydrogens is 342 g/mol. The normalized spacial score (nSPS) is 18.6. The average molecular weight is 369 g/mol. The third kappa shape index (κ3) is 4.54. The molecule has 5 nitrogen and oxygen atoms in total. The van der Waals surface area contributed by atoms with Crippen LogP contribution < -0.4 is 19.5 Å². The Balaban J connectivity index is 1.78. The maximum Gasteiger partial charge on any atom is 0.261 e. The molecule has 0 radical (unpaired) electrons. The van der Waals surface area contributed by atoms with Crippen LogP contribution in [-0.4, -0.2) is 24.7 Å². The SMILES string of the molecule is CC[C@@H](Oc1ccccc1)C(=O)N[C@@H]1CC(C)(C)Oc2cc(OC)ccc21. The summed E-state index contributed by atoms with van der Waals surface area (Å²) in [6, 6.07) is 15.0. The van der Waals surface area contributed by atoms with Crippen molar-refractivity contribution in [2.45, 2.75) is 51.4 Å². The van der Waals surface area contributed by atoms with Crippen LogP contribution in [0.3, 0.4) is 0 Å². The lowest BCUT2D eigenvalue weighted by Gasteiger charge is -2.38. The Morgan fingerprint density at radius 2 is 1.96 bits per heavy atom. The van der Waals surface area contributed by atoms with Gasteiger partial charge in [0.1, 0.15) is 22.8 Å². The highest BCUT2D eigenvalue weighted by atomic mass is 16.5. The molecule has 144 valence electrons. The largest absolute Gasteiger partial charge is 0.497 e. The summed E-state index contributed by atoms with van der Waals surface area (Å²) < 4.78 is 17.3. The standard InChI is InChI=1S/C22H27NO4/c1-5-19(26-15-9-7-6-8-10-15)21(24)23-18-14-22(2,3)27-20-13-16(25-4)11-12-17(18)20/h6-13,18-19H,5,14H2,1-4H3,(H,23,24)/t18-,19-/m1/s1. The van der Waals surface area contributed by atoms with Crippen molar-refractivity contribution < 1.29 is 19.0 Å². The number of benzene rings is 2. The fourth-order valence-electron chi connectivity index (χ4n) is 3.34. The number of carbonyl (C=O) groups is 1. The van der Waals surface area contributed by atoms with Crippen molar-refractivity contribution in [3.8, 4) is 17.2 Å². The summed E-state index contributed by atoms with van der Waals surface area (Å²) in [5, 5.41) is 3.15. The van der Waals surface area contributed by atoms with Crippen LogP contribution in [0.1, 0.15) is 45.2 Å². The van der Waals surface area contributed by atoms with Gasteiger partial charge in [-0.1, -0.05) is 25.1 Å². The fraction of sp³-hybridized carbons (Fsp3) is 0.409. The predicted octanol–water partition coefficient (Wildman–Crippen LogP) is 4.27. The third-order valence-corrected chi connectivity index (χ3v) is 4.68. The molecule has 27 heavy (non-hydrogen) atoms. The van der Waals surface area contributed by atoms with E-state index in [1.54, 1.807) is 7.11 Å². The van der Waals surface area contributed by atoms with Crippen molar-refractivity contribution in [3.05, 3.63) is 54.1 Å². The number of nitrogens with one attached hydrogen (secondary N) is 1. The molecule has 1 N–H and O–H groups in total. The number of amides is 1. The van der Waals surface area contributed by atoms with Crippen LogP contribution >= 0.6 is 0 Å². The molecular formula is C22H27NO4. The zero-order valence-corrected chi connectivity index (χ0v) is 16.3. The van der Waals surface area contributed by atoms with Gasteiger partial charge < -0.3 is 19.5 Å². The van der Waals surface area contributed by atoms with Crippen molar-refractivity contribution >= 4 is 5.91 Å². The second-order valence-electron chi connectivity index (χ2n) is 7.36. The number of fused-ring (bicyclic) bond motifs is 1. The Morgan fingerprint density at radius 1 is 1.22 bits per heavy atom. The molecule has 1 aliphatic rings. The Bertz CT molecular complexity index is 788. The van der Waals surface area contributed by atoms with Crippen LogP contribution in [0.4, 0.5) is 0 Å². The van der Waals surface area contributed by atoms with E-state index in [0.29, 0.717) is 18.6 Å². The van der Waals surface area contributed by atoms with E-state index in [0.717, 1.165) is 17.1 Å². The third-order valence-electron chi connectivity index (χ3n) is 4.68. The lowest BCUT2D eigenvalue weighted by Crippen LogP contribution is -2.45. The molecule has 5 heteroatoms. The molecule has 1 amide bonds. The summed E-state index contributed by atoms with van der Waals surface area (Å²) in [5.74, 6) is 2.05. The molecule has 3 rings (SSSR count). The van der Waals surface area contributed by atoms with E-state index in [-0.39, 0.29) is 17.6 Å². The number of hydrogen-bond donors (Lipinski definition) is 1. The van der Waals surface area contributed by atoms with Gasteiger partial charge in [0.05, 0.1) is 13.2 Å². The van der Waals surface area contributed by atoms with E-state index in [1.807, 2.05) is 69.3 Å². The maximum absolute atomic E-state index is 12.9. The van der Waals surface area contributed by atoms with Crippen molar-refractivity contribution in [3.63, 3.8) is 0 Å². The highest BCUT2D eigenvalue weighted by molar-refractivity contribution is 5.81. The highest BCUT2D eigenvalue weighted by Crippen LogP contribution is 2.41. The first-order chi connectivity index (χ1) is 12.9. The monoisotopic (exact) mass is 369 g/mol. The van der Waals surface area contributed by atoms with Gasteiger partial charge in [-0.25, -0.2) is 0 Å². The molecule has 2 atom stereocenters. The van der Waals surface area contributed by atoms with Gasteiger partial charge in [-0.3, -0.25) is 4.79 Å². The van der Waals surface area contributed by atoms with E-state index < -0.39 is 6.10 Å². The fourth-order valence-corrected chi connectivity index (χ4v) is 3.34. The van der Waals surface area contributed by atoms with Gasteiger partial charge in [-0.05, 0) is 44.5 Å². The number of rotatable bonds is 6. The Labute approximate surface area is 160 Å². The smallest absolute Gasteiger partial charge is 0.261 e. The van der Waals surface area contributed by atoms with Gasteiger partial charge in [-0.15, -0.1) is 0 Å². The van der Waals surface area contributed by atoms with Gasteiger partial charge in [-0.2, -0.15) is 0 Å². The first kappa shape index (κ1) is 19.1. The van der Waals surface area contributed by atoms with Crippen molar-refractivity contribution in [1.82, 2.24) is 5.32 Å². The van der Waals surface area contributed by atoms with E-state index >= 15 is 0 Å². The maximum atomic E-state index is 12.9. The first-order valence-electron chi connectivity index (χ1n) is 9.31. The molecule has 0 saturated heterocycles. The predicted molar refractivity (Wildman–Crippen MR) is 104 cm³/mol. The molecule has 0 bridgehead atoms. The molecule has 0 aromatic heterocycles. The minimum absolute atomic E-state index is 0.120. The molecule has 2 aromatic carbocycles. The lowest BCUT2D eigenvalue weighted by atomic mass is 9.89. The number of ether oxygens (including phenoxy) is 3. The topological polar surface area (TPSA) is 56.8 Å². The van der Waals surface area contributed by atoms with Crippen LogP contribution in [-0.2, 0) is 4.79 Å². The average Bonchev–Trinajstić information content (AvgIpc) is 2.65. The zero-order valence-electron chi connectivity index (χ0n) is 16.3. The molecule has 0 saturated carbocycles. The summed E-state index contributed by atoms with van der Waals surface area (Å²) in [6.07, 6.45) is 0.725. The van der Waals surface area contributed by atoms with Gasteiger partial charge in [0.2, 0.25) is 0 Å². The Hall–Kier alpha value is -2.69. The zero-order chi connectivity index (χ0) is 19.4. The van der Waals surface area contributed by atoms with Crippen LogP contribution in [0.15, 0.2) is 48.5 Å². The van der Waals surface area contributed by atoms with Gasteiger partial charge >= 0.3 is 0 Å². The van der Waals surface area contributed by atoms with E-state index in [4.69, 9.17) is 14.2 Å². The molecule has 0 fully saturated rings. The molecule has 1 heterocycles. The Morgan fingerprint density at radius 3 is 2.63 bits per heavy atom. The first-order valence-corrected chi connectivity index (χ1v) is 9.31. The van der Waals surface area contributed by atoms with Gasteiger partial charge in [0, 0.05) is 18.1 Å². The summed E-state index contributed by atoms with van der Waals surface area (Å²) in [7, 11) is 1.63. The minimum Gasteiger partial charge on any atom is -0.497 e. The molecule has 0 aliphatic carbocycles. The van der Waals surface area contributed by atoms with Gasteiger partial charge in [0.15, 0.2) is 6.10 Å². The van der Waals surface area contributed by atoms with Crippen LogP contribution in [0, 0.1) is 0 Å². The number of carbonyl (C=O) groups excluding carboxylic acids is 1. The van der Waals surface area contributed by atoms with E-state index in [9.17, 15) is 4.79 Å². The molecule has 2 aromatic rings. The molecule has 1 aliphatic heterocycles. The van der Waals surface area contributed by atoms with Crippen molar-refractivity contribution in [2.75, 3.05) is 7.11 Å². The van der Waals surface area contributed by atoms with E-state index in [1.165, 1.54) is 0 Å². The van der Waals surface area contributed by atoms with Crippen LogP contribution in [0.25, 0.3) is 0 Å². The lowest BCUT2D eigenvalue weighted by molar-refractivity contribution is -0.129. The number of methoxy groups -OCH3 is 1. The highest BCUT2D eigenvalue weighted by Gasteiger charge is 2.36. The quantitative estimate of drug-likeness (QED) is 0.826. The summed E-state index contributed by atoms with van der Waals surface area (Å²) in [5.41, 5.74) is 0.567. The van der Waals surface area contributed by atoms with E-state index in [2.05, 4.69) is 5.32 Å². The molecule has 0 unspecified atom stereocenters. The second-order valence-corrected chi connectivity index (χ2v) is 7.36. The van der Waals surface area contributed by atoms with Crippen molar-refractivity contribution in [1.29, 1.82) is 0 Å². The summed E-state index contributed by atoms with van der Waals surface area (Å²) >= 11 is 0. The minimum atomic E-state index is -0.542. The number of para-hydroxylation sites is 1. The van der Waals surface area contributed by atoms with Crippen LogP contribution in [0.5, 0.6) is 17.2 Å². The van der Waals surface area contributed by atoms with Crippen molar-refractivity contribution in [2.24, 2.45) is 0 Å². The second kappa shape index (κ2) is 7.91. The molecule has 0 spiro atoms. The summed E-state index contributed by atoms with van der Waals surface area (Å²) in [4.78, 5) is 12.9. The van der Waals surface area contributed by atoms with Gasteiger partial charge in [0.25, 0.3) is 5.91 Å². The summed E-state index contributed by atoms with van der Waals surface area (Å²) in [6.45, 7) is 5.98.